The minimum Gasteiger partial charge on any atom is -0.481 e. The summed E-state index contributed by atoms with van der Waals surface area (Å²) in [5.41, 5.74) is -0.745. The van der Waals surface area contributed by atoms with Crippen LogP contribution in [-0.2, 0) is 11.3 Å². The van der Waals surface area contributed by atoms with Gasteiger partial charge >= 0.3 is 5.97 Å². The Kier molecular flexibility index (Phi) is 3.47. The van der Waals surface area contributed by atoms with E-state index in [-0.39, 0.29) is 0 Å². The van der Waals surface area contributed by atoms with Crippen molar-refractivity contribution in [1.82, 2.24) is 20.2 Å². The topological polar surface area (TPSA) is 80.9 Å². The summed E-state index contributed by atoms with van der Waals surface area (Å²) in [5.74, 6) is -0.185. The molecule has 20 heavy (non-hydrogen) atoms. The van der Waals surface area contributed by atoms with Gasteiger partial charge in [-0.05, 0) is 35.4 Å². The van der Waals surface area contributed by atoms with E-state index in [9.17, 15) is 9.90 Å². The van der Waals surface area contributed by atoms with Crippen LogP contribution in [0, 0.1) is 5.41 Å². The van der Waals surface area contributed by atoms with Crippen LogP contribution >= 0.6 is 22.9 Å². The molecule has 8 heteroatoms. The van der Waals surface area contributed by atoms with Crippen LogP contribution < -0.4 is 0 Å². The molecule has 106 valence electrons. The third-order valence-electron chi connectivity index (χ3n) is 3.79. The lowest BCUT2D eigenvalue weighted by atomic mass is 9.86. The molecule has 0 aromatic carbocycles. The fourth-order valence-electron chi connectivity index (χ4n) is 2.70. The third-order valence-corrected chi connectivity index (χ3v) is 5.02. The molecule has 0 spiro atoms. The zero-order valence-electron chi connectivity index (χ0n) is 10.6. The van der Waals surface area contributed by atoms with Gasteiger partial charge in [-0.1, -0.05) is 24.4 Å². The molecule has 1 fully saturated rings. The Balaban J connectivity index is 1.92. The van der Waals surface area contributed by atoms with Gasteiger partial charge < -0.3 is 5.11 Å². The highest BCUT2D eigenvalue weighted by atomic mass is 35.5. The molecule has 3 rings (SSSR count). The first kappa shape index (κ1) is 13.5. The summed E-state index contributed by atoms with van der Waals surface area (Å²) in [4.78, 5) is 12.4. The maximum Gasteiger partial charge on any atom is 0.311 e. The zero-order valence-corrected chi connectivity index (χ0v) is 12.2. The number of halogens is 1. The fourth-order valence-corrected chi connectivity index (χ4v) is 3.73. The minimum absolute atomic E-state index is 0.306. The number of aromatic nitrogens is 4. The van der Waals surface area contributed by atoms with Crippen LogP contribution in [0.15, 0.2) is 12.1 Å². The van der Waals surface area contributed by atoms with Crippen molar-refractivity contribution in [2.24, 2.45) is 5.41 Å². The number of aliphatic carboxylic acids is 1. The van der Waals surface area contributed by atoms with Crippen LogP contribution in [0.25, 0.3) is 10.7 Å². The quantitative estimate of drug-likeness (QED) is 0.938. The molecule has 0 aliphatic heterocycles. The minimum atomic E-state index is -0.763. The fraction of sp³-hybridized carbons (Fsp3) is 0.500. The highest BCUT2D eigenvalue weighted by Gasteiger charge is 2.42. The number of carboxylic acids is 1. The van der Waals surface area contributed by atoms with E-state index in [0.29, 0.717) is 29.5 Å². The van der Waals surface area contributed by atoms with Crippen molar-refractivity contribution in [1.29, 1.82) is 0 Å². The van der Waals surface area contributed by atoms with E-state index in [1.165, 1.54) is 11.3 Å². The van der Waals surface area contributed by atoms with Gasteiger partial charge in [0.05, 0.1) is 21.2 Å². The van der Waals surface area contributed by atoms with Crippen LogP contribution in [0.2, 0.25) is 4.34 Å². The average Bonchev–Trinajstić information content (AvgIpc) is 3.10. The van der Waals surface area contributed by atoms with E-state index >= 15 is 0 Å². The molecular weight excluding hydrogens is 300 g/mol. The average molecular weight is 313 g/mol. The summed E-state index contributed by atoms with van der Waals surface area (Å²) in [6.07, 6.45) is 3.23. The maximum atomic E-state index is 11.6. The standard InChI is InChI=1S/C12H13ClN4O2S/c13-9-4-3-8(20-9)10-14-15-16-17(10)7-12(11(18)19)5-1-2-6-12/h3-4H,1-2,5-7H2,(H,18,19). The number of nitrogens with zero attached hydrogens (tertiary/aromatic N) is 4. The van der Waals surface area contributed by atoms with Crippen LogP contribution in [-0.4, -0.2) is 31.3 Å². The molecule has 0 atom stereocenters. The molecule has 2 heterocycles. The molecule has 0 saturated heterocycles. The third kappa shape index (κ3) is 2.31. The summed E-state index contributed by atoms with van der Waals surface area (Å²) < 4.78 is 2.24. The number of thiophene rings is 1. The second-order valence-corrected chi connectivity index (χ2v) is 6.77. The van der Waals surface area contributed by atoms with Gasteiger partial charge in [0.25, 0.3) is 0 Å². The number of carbonyl (C=O) groups is 1. The van der Waals surface area contributed by atoms with Gasteiger partial charge in [0, 0.05) is 0 Å². The van der Waals surface area contributed by atoms with E-state index < -0.39 is 11.4 Å². The summed E-state index contributed by atoms with van der Waals surface area (Å²) in [7, 11) is 0. The van der Waals surface area contributed by atoms with Gasteiger partial charge in [-0.15, -0.1) is 16.4 Å². The van der Waals surface area contributed by atoms with Gasteiger partial charge in [-0.2, -0.15) is 0 Å². The van der Waals surface area contributed by atoms with E-state index in [2.05, 4.69) is 15.5 Å². The van der Waals surface area contributed by atoms with Crippen LogP contribution in [0.3, 0.4) is 0 Å². The highest BCUT2D eigenvalue weighted by Crippen LogP contribution is 2.40. The summed E-state index contributed by atoms with van der Waals surface area (Å²) in [6.45, 7) is 0.306. The van der Waals surface area contributed by atoms with Crippen molar-refractivity contribution < 1.29 is 9.90 Å². The molecule has 6 nitrogen and oxygen atoms in total. The Bertz CT molecular complexity index is 633. The molecule has 1 saturated carbocycles. The molecule has 1 N–H and O–H groups in total. The van der Waals surface area contributed by atoms with Crippen molar-refractivity contribution in [3.8, 4) is 10.7 Å². The summed E-state index contributed by atoms with van der Waals surface area (Å²) >= 11 is 7.30. The van der Waals surface area contributed by atoms with Crippen LogP contribution in [0.4, 0.5) is 0 Å². The number of tetrazole rings is 1. The van der Waals surface area contributed by atoms with E-state index in [1.54, 1.807) is 10.7 Å². The monoisotopic (exact) mass is 312 g/mol. The van der Waals surface area contributed by atoms with E-state index in [1.807, 2.05) is 6.07 Å². The molecule has 0 radical (unpaired) electrons. The molecule has 1 aliphatic carbocycles. The predicted molar refractivity (Wildman–Crippen MR) is 74.7 cm³/mol. The molecule has 0 amide bonds. The predicted octanol–water partition coefficient (Wildman–Crippen LogP) is 2.70. The first-order chi connectivity index (χ1) is 9.61. The van der Waals surface area contributed by atoms with Gasteiger partial charge in [0.2, 0.25) is 0 Å². The first-order valence-electron chi connectivity index (χ1n) is 6.36. The summed E-state index contributed by atoms with van der Waals surface area (Å²) in [5, 5.41) is 21.1. The molecule has 2 aromatic rings. The van der Waals surface area contributed by atoms with Gasteiger partial charge in [-0.3, -0.25) is 4.79 Å². The number of hydrogen-bond acceptors (Lipinski definition) is 5. The lowest BCUT2D eigenvalue weighted by molar-refractivity contribution is -0.149. The van der Waals surface area contributed by atoms with Crippen LogP contribution in [0.5, 0.6) is 0 Å². The van der Waals surface area contributed by atoms with Crippen molar-refractivity contribution >= 4 is 28.9 Å². The van der Waals surface area contributed by atoms with Crippen molar-refractivity contribution in [3.05, 3.63) is 16.5 Å². The van der Waals surface area contributed by atoms with Crippen molar-refractivity contribution in [2.45, 2.75) is 32.2 Å². The zero-order chi connectivity index (χ0) is 14.2. The maximum absolute atomic E-state index is 11.6. The lowest BCUT2D eigenvalue weighted by Crippen LogP contribution is -2.33. The Morgan fingerprint density at radius 1 is 1.45 bits per heavy atom. The largest absolute Gasteiger partial charge is 0.481 e. The molecular formula is C12H13ClN4O2S. The van der Waals surface area contributed by atoms with Crippen LogP contribution in [0.1, 0.15) is 25.7 Å². The van der Waals surface area contributed by atoms with Crippen molar-refractivity contribution in [3.63, 3.8) is 0 Å². The van der Waals surface area contributed by atoms with E-state index in [0.717, 1.165) is 17.7 Å². The molecule has 0 unspecified atom stereocenters. The summed E-state index contributed by atoms with van der Waals surface area (Å²) in [6, 6.07) is 3.63. The lowest BCUT2D eigenvalue weighted by Gasteiger charge is -2.23. The second-order valence-electron chi connectivity index (χ2n) is 5.06. The number of rotatable bonds is 4. The molecule has 0 bridgehead atoms. The smallest absolute Gasteiger partial charge is 0.311 e. The Hall–Kier alpha value is -1.47. The SMILES string of the molecule is O=C(O)C1(Cn2nnnc2-c2ccc(Cl)s2)CCCC1. The Morgan fingerprint density at radius 3 is 2.80 bits per heavy atom. The number of carboxylic acid groups (broad SMARTS) is 1. The Labute approximate surface area is 124 Å². The van der Waals surface area contributed by atoms with Gasteiger partial charge in [0.15, 0.2) is 5.82 Å². The second kappa shape index (κ2) is 5.14. The van der Waals surface area contributed by atoms with Gasteiger partial charge in [0.1, 0.15) is 0 Å². The normalized spacial score (nSPS) is 17.4. The first-order valence-corrected chi connectivity index (χ1v) is 7.55. The molecule has 1 aliphatic rings. The van der Waals surface area contributed by atoms with Gasteiger partial charge in [-0.25, -0.2) is 4.68 Å². The molecule has 2 aromatic heterocycles. The number of hydrogen-bond donors (Lipinski definition) is 1. The van der Waals surface area contributed by atoms with Crippen molar-refractivity contribution in [2.75, 3.05) is 0 Å². The highest BCUT2D eigenvalue weighted by molar-refractivity contribution is 7.19. The van der Waals surface area contributed by atoms with E-state index in [4.69, 9.17) is 11.6 Å². The Morgan fingerprint density at radius 2 is 2.20 bits per heavy atom.